The van der Waals surface area contributed by atoms with Crippen LogP contribution in [-0.2, 0) is 6.54 Å². The Labute approximate surface area is 89.9 Å². The van der Waals surface area contributed by atoms with Crippen molar-refractivity contribution in [3.63, 3.8) is 0 Å². The molecule has 0 radical (unpaired) electrons. The Bertz CT molecular complexity index is 310. The zero-order valence-electron chi connectivity index (χ0n) is 8.82. The van der Waals surface area contributed by atoms with E-state index in [-0.39, 0.29) is 0 Å². The van der Waals surface area contributed by atoms with E-state index in [0.29, 0.717) is 6.54 Å². The molecule has 4 nitrogen and oxygen atoms in total. The lowest BCUT2D eigenvalue weighted by Gasteiger charge is -2.29. The van der Waals surface area contributed by atoms with Gasteiger partial charge >= 0.3 is 0 Å². The third-order valence-electron chi connectivity index (χ3n) is 2.79. The van der Waals surface area contributed by atoms with Gasteiger partial charge in [0.25, 0.3) is 0 Å². The van der Waals surface area contributed by atoms with Gasteiger partial charge in [0.2, 0.25) is 0 Å². The van der Waals surface area contributed by atoms with Gasteiger partial charge in [0.15, 0.2) is 0 Å². The number of anilines is 1. The number of aromatic nitrogens is 1. The molecule has 15 heavy (non-hydrogen) atoms. The molecule has 1 aliphatic rings. The third kappa shape index (κ3) is 2.46. The van der Waals surface area contributed by atoms with Crippen molar-refractivity contribution in [2.45, 2.75) is 25.8 Å². The first-order valence-electron chi connectivity index (χ1n) is 5.47. The molecule has 0 unspecified atom stereocenters. The van der Waals surface area contributed by atoms with E-state index < -0.39 is 0 Å². The second-order valence-corrected chi connectivity index (χ2v) is 3.87. The highest BCUT2D eigenvalue weighted by Crippen LogP contribution is 2.21. The summed E-state index contributed by atoms with van der Waals surface area (Å²) in [5.41, 5.74) is 3.25. The summed E-state index contributed by atoms with van der Waals surface area (Å²) in [6.07, 6.45) is 5.60. The molecule has 4 heteroatoms. The van der Waals surface area contributed by atoms with E-state index in [9.17, 15) is 0 Å². The van der Waals surface area contributed by atoms with Crippen molar-refractivity contribution >= 4 is 5.82 Å². The lowest BCUT2D eigenvalue weighted by molar-refractivity contribution is 0.161. The molecular weight excluding hydrogens is 190 g/mol. The van der Waals surface area contributed by atoms with E-state index >= 15 is 0 Å². The Morgan fingerprint density at radius 1 is 1.33 bits per heavy atom. The zero-order valence-corrected chi connectivity index (χ0v) is 8.82. The van der Waals surface area contributed by atoms with Crippen LogP contribution in [0.1, 0.15) is 24.8 Å². The monoisotopic (exact) mass is 207 g/mol. The maximum atomic E-state index is 8.75. The molecule has 0 bridgehead atoms. The number of nitrogens with one attached hydrogen (secondary N) is 1. The van der Waals surface area contributed by atoms with Crippen LogP contribution in [0.25, 0.3) is 0 Å². The molecule has 0 saturated carbocycles. The first kappa shape index (κ1) is 10.4. The lowest BCUT2D eigenvalue weighted by Crippen LogP contribution is -2.31. The minimum Gasteiger partial charge on any atom is -0.356 e. The Morgan fingerprint density at radius 2 is 2.13 bits per heavy atom. The quantitative estimate of drug-likeness (QED) is 0.738. The molecule has 0 aliphatic carbocycles. The fourth-order valence-corrected chi connectivity index (χ4v) is 2.04. The predicted molar refractivity (Wildman–Crippen MR) is 58.9 cm³/mol. The van der Waals surface area contributed by atoms with Crippen LogP contribution in [-0.4, -0.2) is 23.3 Å². The van der Waals surface area contributed by atoms with Crippen molar-refractivity contribution in [3.05, 3.63) is 23.9 Å². The number of nitrogens with zero attached hydrogens (tertiary/aromatic N) is 2. The molecule has 2 rings (SSSR count). The van der Waals surface area contributed by atoms with Crippen LogP contribution >= 0.6 is 0 Å². The van der Waals surface area contributed by atoms with Crippen molar-refractivity contribution < 1.29 is 5.21 Å². The van der Waals surface area contributed by atoms with Gasteiger partial charge in [-0.05, 0) is 25.3 Å². The highest BCUT2D eigenvalue weighted by molar-refractivity contribution is 5.46. The highest BCUT2D eigenvalue weighted by Gasteiger charge is 2.14. The van der Waals surface area contributed by atoms with Crippen LogP contribution in [0.2, 0.25) is 0 Å². The van der Waals surface area contributed by atoms with E-state index in [1.807, 2.05) is 18.3 Å². The molecule has 82 valence electrons. The molecule has 1 aromatic heterocycles. The molecule has 0 amide bonds. The van der Waals surface area contributed by atoms with Gasteiger partial charge in [0, 0.05) is 31.4 Å². The highest BCUT2D eigenvalue weighted by atomic mass is 16.5. The van der Waals surface area contributed by atoms with E-state index in [1.54, 1.807) is 0 Å². The number of rotatable bonds is 3. The van der Waals surface area contributed by atoms with Crippen LogP contribution in [0.4, 0.5) is 5.82 Å². The molecule has 1 saturated heterocycles. The molecule has 0 aromatic carbocycles. The standard InChI is InChI=1S/C11H17N3O/c15-13-9-10-5-4-6-12-11(10)14-7-2-1-3-8-14/h4-6,13,15H,1-3,7-9H2. The average molecular weight is 207 g/mol. The van der Waals surface area contributed by atoms with Crippen molar-refractivity contribution in [1.82, 2.24) is 10.5 Å². The van der Waals surface area contributed by atoms with Gasteiger partial charge in [0.1, 0.15) is 5.82 Å². The molecule has 1 aromatic rings. The van der Waals surface area contributed by atoms with Gasteiger partial charge in [-0.25, -0.2) is 10.5 Å². The molecule has 0 spiro atoms. The normalized spacial score (nSPS) is 16.7. The molecule has 0 atom stereocenters. The number of hydroxylamine groups is 1. The van der Waals surface area contributed by atoms with Crippen molar-refractivity contribution in [1.29, 1.82) is 0 Å². The third-order valence-corrected chi connectivity index (χ3v) is 2.79. The maximum absolute atomic E-state index is 8.75. The molecule has 1 aliphatic heterocycles. The van der Waals surface area contributed by atoms with E-state index in [0.717, 1.165) is 24.5 Å². The summed E-state index contributed by atoms with van der Waals surface area (Å²) in [6.45, 7) is 2.62. The maximum Gasteiger partial charge on any atom is 0.133 e. The van der Waals surface area contributed by atoms with E-state index in [2.05, 4.69) is 15.4 Å². The van der Waals surface area contributed by atoms with Gasteiger partial charge in [-0.1, -0.05) is 6.07 Å². The first-order valence-corrected chi connectivity index (χ1v) is 5.47. The van der Waals surface area contributed by atoms with E-state index in [1.165, 1.54) is 19.3 Å². The van der Waals surface area contributed by atoms with Crippen molar-refractivity contribution in [2.75, 3.05) is 18.0 Å². The number of hydrogen-bond acceptors (Lipinski definition) is 4. The van der Waals surface area contributed by atoms with Crippen molar-refractivity contribution in [2.24, 2.45) is 0 Å². The second-order valence-electron chi connectivity index (χ2n) is 3.87. The Hall–Kier alpha value is -1.13. The number of piperidine rings is 1. The lowest BCUT2D eigenvalue weighted by atomic mass is 10.1. The molecule has 1 fully saturated rings. The summed E-state index contributed by atoms with van der Waals surface area (Å²) < 4.78 is 0. The smallest absolute Gasteiger partial charge is 0.133 e. The fraction of sp³-hybridized carbons (Fsp3) is 0.545. The van der Waals surface area contributed by atoms with Crippen molar-refractivity contribution in [3.8, 4) is 0 Å². The summed E-state index contributed by atoms with van der Waals surface area (Å²) >= 11 is 0. The SMILES string of the molecule is ONCc1cccnc1N1CCCCC1. The predicted octanol–water partition coefficient (Wildman–Crippen LogP) is 1.55. The van der Waals surface area contributed by atoms with Gasteiger partial charge in [-0.15, -0.1) is 0 Å². The second kappa shape index (κ2) is 5.09. The van der Waals surface area contributed by atoms with Crippen LogP contribution in [0, 0.1) is 0 Å². The molecule has 2 heterocycles. The van der Waals surface area contributed by atoms with E-state index in [4.69, 9.17) is 5.21 Å². The Balaban J connectivity index is 2.17. The topological polar surface area (TPSA) is 48.4 Å². The fourth-order valence-electron chi connectivity index (χ4n) is 2.04. The van der Waals surface area contributed by atoms with Gasteiger partial charge < -0.3 is 10.1 Å². The van der Waals surface area contributed by atoms with Gasteiger partial charge in [-0.2, -0.15) is 0 Å². The summed E-state index contributed by atoms with van der Waals surface area (Å²) in [7, 11) is 0. The number of pyridine rings is 1. The summed E-state index contributed by atoms with van der Waals surface area (Å²) in [4.78, 5) is 6.70. The minimum absolute atomic E-state index is 0.458. The summed E-state index contributed by atoms with van der Waals surface area (Å²) in [6, 6.07) is 3.90. The van der Waals surface area contributed by atoms with Gasteiger partial charge in [0.05, 0.1) is 0 Å². The average Bonchev–Trinajstić information content (AvgIpc) is 2.31. The summed E-state index contributed by atoms with van der Waals surface area (Å²) in [5, 5.41) is 8.75. The first-order chi connectivity index (χ1) is 7.42. The minimum atomic E-state index is 0.458. The van der Waals surface area contributed by atoms with Crippen LogP contribution in [0.3, 0.4) is 0 Å². The Kier molecular flexibility index (Phi) is 3.53. The zero-order chi connectivity index (χ0) is 10.5. The Morgan fingerprint density at radius 3 is 2.87 bits per heavy atom. The largest absolute Gasteiger partial charge is 0.356 e. The van der Waals surface area contributed by atoms with Crippen LogP contribution < -0.4 is 10.4 Å². The van der Waals surface area contributed by atoms with Crippen LogP contribution in [0.5, 0.6) is 0 Å². The van der Waals surface area contributed by atoms with Gasteiger partial charge in [-0.3, -0.25) is 0 Å². The number of hydrogen-bond donors (Lipinski definition) is 2. The summed E-state index contributed by atoms with van der Waals surface area (Å²) in [5.74, 6) is 1.01. The van der Waals surface area contributed by atoms with Crippen LogP contribution in [0.15, 0.2) is 18.3 Å². The molecular formula is C11H17N3O. The molecule has 2 N–H and O–H groups in total.